The fourth-order valence-corrected chi connectivity index (χ4v) is 2.85. The van der Waals surface area contributed by atoms with Crippen molar-refractivity contribution in [2.45, 2.75) is 6.92 Å². The number of nitro groups is 1. The molecule has 0 radical (unpaired) electrons. The van der Waals surface area contributed by atoms with Gasteiger partial charge in [-0.15, -0.1) is 11.3 Å². The quantitative estimate of drug-likeness (QED) is 0.509. The van der Waals surface area contributed by atoms with E-state index in [-0.39, 0.29) is 11.3 Å². The topological polar surface area (TPSA) is 84.6 Å². The van der Waals surface area contributed by atoms with Crippen LogP contribution in [-0.2, 0) is 0 Å². The maximum Gasteiger partial charge on any atom is 0.271 e. The minimum Gasteiger partial charge on any atom is -0.267 e. The van der Waals surface area contributed by atoms with E-state index in [9.17, 15) is 14.9 Å². The Morgan fingerprint density at radius 3 is 2.76 bits per heavy atom. The summed E-state index contributed by atoms with van der Waals surface area (Å²) < 4.78 is 0.970. The van der Waals surface area contributed by atoms with Crippen LogP contribution in [-0.4, -0.2) is 16.5 Å². The Morgan fingerprint density at radius 1 is 1.38 bits per heavy atom. The molecule has 0 saturated carbocycles. The molecule has 8 heteroatoms. The van der Waals surface area contributed by atoms with Gasteiger partial charge in [-0.05, 0) is 41.1 Å². The molecule has 0 atom stereocenters. The summed E-state index contributed by atoms with van der Waals surface area (Å²) in [6.07, 6.45) is 0. The molecule has 0 saturated heterocycles. The van der Waals surface area contributed by atoms with Crippen LogP contribution in [0, 0.1) is 10.1 Å². The van der Waals surface area contributed by atoms with Gasteiger partial charge in [0.05, 0.1) is 19.3 Å². The number of thiophene rings is 1. The van der Waals surface area contributed by atoms with Gasteiger partial charge in [-0.1, -0.05) is 6.07 Å². The Labute approximate surface area is 132 Å². The number of hydrogen-bond donors (Lipinski definition) is 1. The van der Waals surface area contributed by atoms with Crippen molar-refractivity contribution in [3.05, 3.63) is 60.7 Å². The first kappa shape index (κ1) is 15.3. The molecule has 21 heavy (non-hydrogen) atoms. The molecule has 0 fully saturated rings. The monoisotopic (exact) mass is 367 g/mol. The highest BCUT2D eigenvalue weighted by atomic mass is 79.9. The first-order valence-corrected chi connectivity index (χ1v) is 7.43. The predicted octanol–water partition coefficient (Wildman–Crippen LogP) is 3.57. The average molecular weight is 368 g/mol. The Bertz CT molecular complexity index is 727. The summed E-state index contributed by atoms with van der Waals surface area (Å²) in [5.41, 5.74) is 3.10. The van der Waals surface area contributed by atoms with E-state index in [1.807, 2.05) is 12.1 Å². The minimum atomic E-state index is -0.547. The van der Waals surface area contributed by atoms with E-state index in [4.69, 9.17) is 0 Å². The van der Waals surface area contributed by atoms with Crippen molar-refractivity contribution in [2.75, 3.05) is 0 Å². The smallest absolute Gasteiger partial charge is 0.267 e. The lowest BCUT2D eigenvalue weighted by atomic mass is 10.2. The number of non-ortho nitro benzene ring substituents is 1. The lowest BCUT2D eigenvalue weighted by Crippen LogP contribution is -2.19. The zero-order valence-corrected chi connectivity index (χ0v) is 13.3. The number of benzene rings is 1. The van der Waals surface area contributed by atoms with Crippen molar-refractivity contribution in [1.29, 1.82) is 0 Å². The molecule has 0 aliphatic heterocycles. The molecule has 0 aliphatic carbocycles. The number of carbonyl (C=O) groups is 1. The second-order valence-electron chi connectivity index (χ2n) is 4.05. The Kier molecular flexibility index (Phi) is 4.81. The standard InChI is InChI=1S/C13H10BrN3O3S/c1-8(11-5-6-12(14)21-11)15-16-13(18)9-3-2-4-10(7-9)17(19)20/h2-7H,1H3,(H,16,18). The van der Waals surface area contributed by atoms with Crippen LogP contribution < -0.4 is 5.43 Å². The van der Waals surface area contributed by atoms with Gasteiger partial charge in [0.1, 0.15) is 0 Å². The third kappa shape index (κ3) is 3.96. The largest absolute Gasteiger partial charge is 0.271 e. The molecular weight excluding hydrogens is 358 g/mol. The zero-order chi connectivity index (χ0) is 15.4. The second kappa shape index (κ2) is 6.59. The molecule has 0 aliphatic rings. The van der Waals surface area contributed by atoms with Crippen LogP contribution >= 0.6 is 27.3 Å². The molecular formula is C13H10BrN3O3S. The number of amides is 1. The molecule has 6 nitrogen and oxygen atoms in total. The van der Waals surface area contributed by atoms with Gasteiger partial charge in [0.15, 0.2) is 0 Å². The summed E-state index contributed by atoms with van der Waals surface area (Å²) in [6.45, 7) is 1.77. The number of nitrogens with zero attached hydrogens (tertiary/aromatic N) is 2. The number of halogens is 1. The number of hydrogen-bond acceptors (Lipinski definition) is 5. The first-order chi connectivity index (χ1) is 9.97. The van der Waals surface area contributed by atoms with Crippen molar-refractivity contribution in [3.63, 3.8) is 0 Å². The molecule has 108 valence electrons. The van der Waals surface area contributed by atoms with E-state index >= 15 is 0 Å². The van der Waals surface area contributed by atoms with E-state index in [0.29, 0.717) is 5.71 Å². The van der Waals surface area contributed by atoms with Gasteiger partial charge in [0, 0.05) is 17.7 Å². The summed E-state index contributed by atoms with van der Waals surface area (Å²) in [6, 6.07) is 9.26. The van der Waals surface area contributed by atoms with Gasteiger partial charge < -0.3 is 0 Å². The molecule has 0 spiro atoms. The highest BCUT2D eigenvalue weighted by Gasteiger charge is 2.11. The lowest BCUT2D eigenvalue weighted by Gasteiger charge is -2.01. The van der Waals surface area contributed by atoms with Crippen molar-refractivity contribution < 1.29 is 9.72 Å². The average Bonchev–Trinajstić information content (AvgIpc) is 2.91. The maximum atomic E-state index is 11.9. The van der Waals surface area contributed by atoms with Gasteiger partial charge in [0.25, 0.3) is 11.6 Å². The summed E-state index contributed by atoms with van der Waals surface area (Å²) in [5, 5.41) is 14.7. The summed E-state index contributed by atoms with van der Waals surface area (Å²) in [5.74, 6) is -0.492. The van der Waals surface area contributed by atoms with E-state index in [1.54, 1.807) is 6.92 Å². The number of carbonyl (C=O) groups excluding carboxylic acids is 1. The van der Waals surface area contributed by atoms with Gasteiger partial charge in [-0.2, -0.15) is 5.10 Å². The molecule has 0 unspecified atom stereocenters. The van der Waals surface area contributed by atoms with Crippen molar-refractivity contribution in [2.24, 2.45) is 5.10 Å². The molecule has 1 heterocycles. The molecule has 1 aromatic carbocycles. The highest BCUT2D eigenvalue weighted by Crippen LogP contribution is 2.22. The fourth-order valence-electron chi connectivity index (χ4n) is 1.52. The number of nitro benzene ring substituents is 1. The van der Waals surface area contributed by atoms with Crippen LogP contribution in [0.1, 0.15) is 22.2 Å². The van der Waals surface area contributed by atoms with E-state index < -0.39 is 10.8 Å². The van der Waals surface area contributed by atoms with Crippen molar-refractivity contribution in [3.8, 4) is 0 Å². The second-order valence-corrected chi connectivity index (χ2v) is 6.51. The van der Waals surface area contributed by atoms with Gasteiger partial charge >= 0.3 is 0 Å². The lowest BCUT2D eigenvalue weighted by molar-refractivity contribution is -0.384. The van der Waals surface area contributed by atoms with Crippen LogP contribution in [0.3, 0.4) is 0 Å². The molecule has 1 aromatic heterocycles. The molecule has 0 bridgehead atoms. The van der Waals surface area contributed by atoms with Crippen LogP contribution in [0.15, 0.2) is 45.3 Å². The van der Waals surface area contributed by atoms with Crippen molar-refractivity contribution in [1.82, 2.24) is 5.43 Å². The summed E-state index contributed by atoms with van der Waals surface area (Å²) >= 11 is 4.85. The highest BCUT2D eigenvalue weighted by molar-refractivity contribution is 9.11. The van der Waals surface area contributed by atoms with Gasteiger partial charge in [-0.25, -0.2) is 5.43 Å². The number of rotatable bonds is 4. The summed E-state index contributed by atoms with van der Waals surface area (Å²) in [4.78, 5) is 23.0. The third-order valence-corrected chi connectivity index (χ3v) is 4.31. The molecule has 2 rings (SSSR count). The van der Waals surface area contributed by atoms with E-state index in [2.05, 4.69) is 26.5 Å². The zero-order valence-electron chi connectivity index (χ0n) is 10.9. The van der Waals surface area contributed by atoms with Gasteiger partial charge in [0.2, 0.25) is 0 Å². The van der Waals surface area contributed by atoms with Crippen molar-refractivity contribution >= 4 is 44.6 Å². The summed E-state index contributed by atoms with van der Waals surface area (Å²) in [7, 11) is 0. The normalized spacial score (nSPS) is 11.2. The molecule has 1 amide bonds. The fraction of sp³-hybridized carbons (Fsp3) is 0.0769. The SMILES string of the molecule is CC(=NNC(=O)c1cccc([N+](=O)[O-])c1)c1ccc(Br)s1. The van der Waals surface area contributed by atoms with Crippen LogP contribution in [0.25, 0.3) is 0 Å². The van der Waals surface area contributed by atoms with Crippen LogP contribution in [0.2, 0.25) is 0 Å². The van der Waals surface area contributed by atoms with Crippen LogP contribution in [0.5, 0.6) is 0 Å². The number of nitrogens with one attached hydrogen (secondary N) is 1. The molecule has 1 N–H and O–H groups in total. The first-order valence-electron chi connectivity index (χ1n) is 5.82. The maximum absolute atomic E-state index is 11.9. The Balaban J connectivity index is 2.11. The Morgan fingerprint density at radius 2 is 2.14 bits per heavy atom. The third-order valence-electron chi connectivity index (χ3n) is 2.57. The van der Waals surface area contributed by atoms with E-state index in [1.165, 1.54) is 35.6 Å². The van der Waals surface area contributed by atoms with E-state index in [0.717, 1.165) is 8.66 Å². The Hall–Kier alpha value is -2.06. The minimum absolute atomic E-state index is 0.134. The van der Waals surface area contributed by atoms with Gasteiger partial charge in [-0.3, -0.25) is 14.9 Å². The number of hydrazone groups is 1. The van der Waals surface area contributed by atoms with Crippen LogP contribution in [0.4, 0.5) is 5.69 Å². The predicted molar refractivity (Wildman–Crippen MR) is 84.8 cm³/mol. The molecule has 2 aromatic rings.